The van der Waals surface area contributed by atoms with Crippen LogP contribution < -0.4 is 31.3 Å². The van der Waals surface area contributed by atoms with E-state index in [1.54, 1.807) is 21.8 Å². The van der Waals surface area contributed by atoms with Crippen molar-refractivity contribution in [2.24, 2.45) is 5.11 Å². The summed E-state index contributed by atoms with van der Waals surface area (Å²) < 4.78 is 144. The van der Waals surface area contributed by atoms with E-state index in [1.807, 2.05) is 0 Å². The number of hydrogen-bond acceptors (Lipinski definition) is 34. The van der Waals surface area contributed by atoms with Crippen molar-refractivity contribution in [2.45, 2.75) is 233 Å². The largest absolute Gasteiger partial charge is 0.420 e. The Balaban J connectivity index is 0.936. The maximum Gasteiger partial charge on any atom is 0.311 e. The zero-order valence-electron chi connectivity index (χ0n) is 70.2. The van der Waals surface area contributed by atoms with Gasteiger partial charge in [-0.05, 0) is 32.1 Å². The van der Waals surface area contributed by atoms with Gasteiger partial charge < -0.3 is 134 Å². The number of amides is 4. The molecule has 0 radical (unpaired) electrons. The predicted molar refractivity (Wildman–Crippen MR) is 423 cm³/mol. The maximum absolute atomic E-state index is 14.1. The summed E-state index contributed by atoms with van der Waals surface area (Å²) >= 11 is 0. The number of rotatable bonds is 69. The number of unbranched alkanes of at least 4 members (excludes halogenated alkanes) is 7. The van der Waals surface area contributed by atoms with E-state index >= 15 is 0 Å². The molecule has 3 fully saturated rings. The minimum atomic E-state index is -2.38. The lowest BCUT2D eigenvalue weighted by molar-refractivity contribution is -0.179. The van der Waals surface area contributed by atoms with E-state index in [4.69, 9.17) is 62.4 Å². The van der Waals surface area contributed by atoms with Gasteiger partial charge in [-0.15, -0.1) is 10.2 Å². The van der Waals surface area contributed by atoms with Crippen molar-refractivity contribution in [1.82, 2.24) is 56.6 Å². The molecule has 3 aromatic rings. The van der Waals surface area contributed by atoms with Gasteiger partial charge in [0.15, 0.2) is 0 Å². The van der Waals surface area contributed by atoms with Gasteiger partial charge in [0.2, 0.25) is 58.5 Å². The molecule has 3 aliphatic rings. The number of halogens is 5. The highest BCUT2D eigenvalue weighted by Gasteiger charge is 2.40. The van der Waals surface area contributed by atoms with Crippen LogP contribution in [0.25, 0.3) is 0 Å². The molecule has 2 aromatic heterocycles. The standard InChI is InChI=1S/C79H128F5N13O27/c80-70-71(81)73(83)78(74(84)72(70)82)124-69(108)10-8-6-4-2-1-3-5-7-9-68(107)90-79(14-11-65(104)87-18-24-113-30-36-118-35-29-112-23-17-86-47-53(91-85)41-56-44-59(101)75(109)62(50-98)121-56,15-12-66(105)88-19-25-114-31-37-119-39-33-116-27-21-96-48-54(92-94-96)42-57-45-60(102)76(110)63(51-99)122-57)16-13-67(106)89-20-26-115-32-38-120-40-34-117-28-22-97-49-55(93-95-97)43-58-46-61(103)77(111)64(52-100)123-58/h47-49,56-64,75-77,85-86,98-103,109-111H,1-46,50-52H2,(H,87,104)(H,88,105)(H,89,106)(H,90,107)/b53-47-,91-85?/t56-,57-,58-,59+,60+,61+,62+,63+,64+,75+,76+,77+/m0/s1. The van der Waals surface area contributed by atoms with Crippen LogP contribution in [-0.2, 0) is 107 Å². The lowest BCUT2D eigenvalue weighted by Crippen LogP contribution is -2.50. The molecule has 706 valence electrons. The lowest BCUT2D eigenvalue weighted by atomic mass is 9.82. The second-order valence-electron chi connectivity index (χ2n) is 30.2. The summed E-state index contributed by atoms with van der Waals surface area (Å²) in [5.74, 6) is -15.7. The number of aliphatic hydroxyl groups excluding tert-OH is 9. The number of nitrogens with one attached hydrogen (secondary N) is 6. The summed E-state index contributed by atoms with van der Waals surface area (Å²) in [7, 11) is 0. The molecule has 0 saturated carbocycles. The Morgan fingerprint density at radius 1 is 0.452 bits per heavy atom. The van der Waals surface area contributed by atoms with Crippen LogP contribution in [0.1, 0.15) is 140 Å². The van der Waals surface area contributed by atoms with Crippen LogP contribution in [-0.4, -0.2) is 349 Å². The SMILES string of the molecule is N=N/C(=C\NCCOCCOCCOCCNC(=O)CCC(CCC(=O)NCCOCCOCCOCCn1cc(C[C@H]2C[C@@H](O)[C@@H](O)[C@@H](CO)O2)nn1)(CCC(=O)NCCOCCOCCOCCn1cc(C[C@H]2C[C@@H](O)[C@@H](O)[C@@H](CO)O2)nn1)NC(=O)CCCCCCCCCCC(=O)Oc1c(F)c(F)c(F)c(F)c1F)C[C@H]1C[C@@H](O)[C@@H](O)[C@@H](CO)O1. The number of nitrogens with zero attached hydrogens (tertiary/aromatic N) is 7. The molecule has 12 atom stereocenters. The minimum absolute atomic E-state index is 0.0229. The van der Waals surface area contributed by atoms with E-state index in [2.05, 4.69) is 57.1 Å². The normalized spacial score (nSPS) is 21.2. The molecule has 0 unspecified atom stereocenters. The van der Waals surface area contributed by atoms with Crippen LogP contribution >= 0.6 is 0 Å². The fourth-order valence-electron chi connectivity index (χ4n) is 13.6. The zero-order chi connectivity index (χ0) is 89.7. The van der Waals surface area contributed by atoms with E-state index in [9.17, 15) is 91.9 Å². The molecule has 0 bridgehead atoms. The summed E-state index contributed by atoms with van der Waals surface area (Å²) in [4.78, 5) is 67.2. The first-order chi connectivity index (χ1) is 59.9. The van der Waals surface area contributed by atoms with Crippen LogP contribution in [0.3, 0.4) is 0 Å². The minimum Gasteiger partial charge on any atom is -0.420 e. The van der Waals surface area contributed by atoms with E-state index < -0.39 is 145 Å². The van der Waals surface area contributed by atoms with E-state index in [1.165, 1.54) is 6.20 Å². The van der Waals surface area contributed by atoms with Crippen LogP contribution in [0.5, 0.6) is 5.75 Å². The molecule has 45 heteroatoms. The first-order valence-corrected chi connectivity index (χ1v) is 42.4. The van der Waals surface area contributed by atoms with E-state index in [0.29, 0.717) is 108 Å². The molecular formula is C79H128F5N13O27. The molecule has 15 N–H and O–H groups in total. The van der Waals surface area contributed by atoms with Crippen LogP contribution in [0, 0.1) is 34.6 Å². The Bertz CT molecular complexity index is 3410. The third-order valence-corrected chi connectivity index (χ3v) is 20.4. The van der Waals surface area contributed by atoms with Crippen molar-refractivity contribution in [1.29, 1.82) is 5.53 Å². The van der Waals surface area contributed by atoms with Crippen molar-refractivity contribution in [3.05, 3.63) is 64.8 Å². The number of aliphatic hydroxyl groups is 9. The summed E-state index contributed by atoms with van der Waals surface area (Å²) in [6, 6.07) is 0. The molecule has 3 saturated heterocycles. The van der Waals surface area contributed by atoms with Crippen molar-refractivity contribution in [2.75, 3.05) is 165 Å². The summed E-state index contributed by atoms with van der Waals surface area (Å²) in [5.41, 5.74) is 7.80. The molecule has 6 rings (SSSR count). The van der Waals surface area contributed by atoms with Gasteiger partial charge in [0, 0.05) is 121 Å². The number of ether oxygens (including phenoxy) is 13. The topological polar surface area (TPSA) is 545 Å². The average molecular weight is 1790 g/mol. The number of carbonyl (C=O) groups is 5. The smallest absolute Gasteiger partial charge is 0.311 e. The third-order valence-electron chi connectivity index (χ3n) is 20.4. The maximum atomic E-state index is 14.1. The van der Waals surface area contributed by atoms with Gasteiger partial charge in [-0.2, -0.15) is 13.9 Å². The zero-order valence-corrected chi connectivity index (χ0v) is 70.2. The summed E-state index contributed by atoms with van der Waals surface area (Å²) in [6.07, 6.45) is -0.611. The molecule has 1 aromatic carbocycles. The number of carbonyl (C=O) groups excluding carboxylic acids is 5. The van der Waals surface area contributed by atoms with Crippen molar-refractivity contribution in [3.8, 4) is 5.75 Å². The van der Waals surface area contributed by atoms with Crippen molar-refractivity contribution < 1.29 is 153 Å². The summed E-state index contributed by atoms with van der Waals surface area (Å²) in [5, 5.41) is 124. The second-order valence-corrected chi connectivity index (χ2v) is 30.2. The fourth-order valence-corrected chi connectivity index (χ4v) is 13.6. The van der Waals surface area contributed by atoms with Crippen LogP contribution in [0.4, 0.5) is 22.0 Å². The molecule has 40 nitrogen and oxygen atoms in total. The monoisotopic (exact) mass is 1790 g/mol. The third kappa shape index (κ3) is 41.3. The van der Waals surface area contributed by atoms with Gasteiger partial charge in [-0.3, -0.25) is 24.0 Å². The van der Waals surface area contributed by atoms with E-state index in [0.717, 1.165) is 6.42 Å². The van der Waals surface area contributed by atoms with Gasteiger partial charge >= 0.3 is 5.97 Å². The molecule has 3 aliphatic heterocycles. The highest BCUT2D eigenvalue weighted by molar-refractivity contribution is 5.80. The van der Waals surface area contributed by atoms with Gasteiger partial charge in [0.1, 0.15) is 36.6 Å². The molecule has 0 spiro atoms. The van der Waals surface area contributed by atoms with E-state index in [-0.39, 0.29) is 220 Å². The number of esters is 1. The first kappa shape index (κ1) is 106. The average Bonchev–Trinajstić information content (AvgIpc) is 0.969. The molecule has 0 aliphatic carbocycles. The van der Waals surface area contributed by atoms with Gasteiger partial charge in [-0.1, -0.05) is 49.0 Å². The second kappa shape index (κ2) is 61.3. The Kier molecular flexibility index (Phi) is 52.2. The molecule has 124 heavy (non-hydrogen) atoms. The van der Waals surface area contributed by atoms with Crippen LogP contribution in [0.2, 0.25) is 0 Å². The molecule has 4 amide bonds. The molecular weight excluding hydrogens is 1660 g/mol. The first-order valence-electron chi connectivity index (χ1n) is 42.4. The Morgan fingerprint density at radius 3 is 1.18 bits per heavy atom. The van der Waals surface area contributed by atoms with Gasteiger partial charge in [0.05, 0.1) is 206 Å². The van der Waals surface area contributed by atoms with Crippen molar-refractivity contribution in [3.63, 3.8) is 0 Å². The van der Waals surface area contributed by atoms with Crippen LogP contribution in [0.15, 0.2) is 29.4 Å². The van der Waals surface area contributed by atoms with Gasteiger partial charge in [0.25, 0.3) is 0 Å². The highest BCUT2D eigenvalue weighted by Crippen LogP contribution is 2.32. The highest BCUT2D eigenvalue weighted by atomic mass is 19.2. The number of benzene rings is 1. The lowest BCUT2D eigenvalue weighted by Gasteiger charge is -2.36. The Labute approximate surface area is 716 Å². The predicted octanol–water partition coefficient (Wildman–Crippen LogP) is 0.0174. The Morgan fingerprint density at radius 2 is 0.790 bits per heavy atom. The molecule has 5 heterocycles. The number of aromatic nitrogens is 6. The van der Waals surface area contributed by atoms with Crippen molar-refractivity contribution >= 4 is 29.6 Å². The summed E-state index contributed by atoms with van der Waals surface area (Å²) in [6.45, 7) is 4.42. The fraction of sp³-hybridized carbons (Fsp3) is 0.785. The number of hydrogen-bond donors (Lipinski definition) is 15. The van der Waals surface area contributed by atoms with Gasteiger partial charge in [-0.25, -0.2) is 28.1 Å². The Hall–Kier alpha value is -7.20. The quantitative estimate of drug-likeness (QED) is 0.00673.